The Labute approximate surface area is 162 Å². The van der Waals surface area contributed by atoms with Crippen molar-refractivity contribution in [2.24, 2.45) is 5.92 Å². The smallest absolute Gasteiger partial charge is 0.249 e. The number of nitrogens with zero attached hydrogens (tertiary/aromatic N) is 5. The molecule has 3 rings (SSSR count). The predicted octanol–water partition coefficient (Wildman–Crippen LogP) is 4.01. The molecular weight excluding hydrogens is 374 g/mol. The first kappa shape index (κ1) is 19.1. The van der Waals surface area contributed by atoms with E-state index >= 15 is 0 Å². The number of likely N-dealkylation sites (tertiary alicyclic amines) is 1. The predicted molar refractivity (Wildman–Crippen MR) is 103 cm³/mol. The van der Waals surface area contributed by atoms with Crippen LogP contribution in [0.1, 0.15) is 51.5 Å². The molecule has 0 bridgehead atoms. The second-order valence-electron chi connectivity index (χ2n) is 7.16. The number of amides is 1. The minimum Gasteiger partial charge on any atom is -0.354 e. The van der Waals surface area contributed by atoms with Gasteiger partial charge in [-0.05, 0) is 25.2 Å². The normalized spacial score (nSPS) is 16.4. The second-order valence-corrected chi connectivity index (χ2v) is 8.49. The van der Waals surface area contributed by atoms with Crippen LogP contribution in [-0.4, -0.2) is 46.6 Å². The van der Waals surface area contributed by atoms with Gasteiger partial charge in [-0.2, -0.15) is 4.98 Å². The molecule has 0 radical (unpaired) electrons. The van der Waals surface area contributed by atoms with Gasteiger partial charge < -0.3 is 14.3 Å². The van der Waals surface area contributed by atoms with Crippen LogP contribution in [0.4, 0.5) is 5.13 Å². The zero-order valence-electron chi connectivity index (χ0n) is 15.5. The van der Waals surface area contributed by atoms with Crippen LogP contribution in [0.2, 0.25) is 5.15 Å². The molecule has 1 amide bonds. The van der Waals surface area contributed by atoms with Crippen LogP contribution in [0.25, 0.3) is 10.7 Å². The maximum absolute atomic E-state index is 12.4. The third kappa shape index (κ3) is 4.01. The van der Waals surface area contributed by atoms with Crippen LogP contribution in [0.15, 0.2) is 4.52 Å². The zero-order chi connectivity index (χ0) is 18.8. The molecule has 0 aromatic carbocycles. The minimum absolute atomic E-state index is 0.160. The van der Waals surface area contributed by atoms with E-state index in [9.17, 15) is 4.79 Å². The number of carbonyl (C=O) groups excluding carboxylic acids is 1. The summed E-state index contributed by atoms with van der Waals surface area (Å²) < 4.78 is 5.56. The fourth-order valence-electron chi connectivity index (χ4n) is 3.05. The van der Waals surface area contributed by atoms with E-state index in [1.54, 1.807) is 0 Å². The summed E-state index contributed by atoms with van der Waals surface area (Å²) in [6, 6.07) is -0.191. The van der Waals surface area contributed by atoms with Crippen molar-refractivity contribution in [1.82, 2.24) is 20.0 Å². The zero-order valence-corrected chi connectivity index (χ0v) is 17.1. The largest absolute Gasteiger partial charge is 0.354 e. The quantitative estimate of drug-likeness (QED) is 0.732. The monoisotopic (exact) mass is 397 g/mol. The maximum Gasteiger partial charge on any atom is 0.249 e. The molecule has 0 unspecified atom stereocenters. The topological polar surface area (TPSA) is 75.4 Å². The molecule has 142 valence electrons. The molecule has 3 heterocycles. The first-order chi connectivity index (χ1) is 12.4. The van der Waals surface area contributed by atoms with E-state index in [-0.39, 0.29) is 11.9 Å². The van der Waals surface area contributed by atoms with Gasteiger partial charge in [0.25, 0.3) is 0 Å². The van der Waals surface area contributed by atoms with Gasteiger partial charge in [-0.1, -0.05) is 41.9 Å². The second kappa shape index (κ2) is 7.92. The number of anilines is 1. The van der Waals surface area contributed by atoms with Crippen molar-refractivity contribution in [3.63, 3.8) is 0 Å². The number of rotatable bonds is 6. The van der Waals surface area contributed by atoms with Crippen molar-refractivity contribution in [2.45, 2.75) is 45.6 Å². The Morgan fingerprint density at radius 2 is 2.08 bits per heavy atom. The van der Waals surface area contributed by atoms with Gasteiger partial charge in [-0.25, -0.2) is 4.98 Å². The fourth-order valence-corrected chi connectivity index (χ4v) is 4.18. The minimum atomic E-state index is -0.191. The lowest BCUT2D eigenvalue weighted by atomic mass is 9.99. The van der Waals surface area contributed by atoms with Crippen LogP contribution in [0.3, 0.4) is 0 Å². The number of thiazole rings is 1. The lowest BCUT2D eigenvalue weighted by molar-refractivity contribution is -0.137. The number of piperidine rings is 1. The standard InChI is InChI=1S/C17H24ClN5O2S/c1-10(2)9-11(23-8-6-5-7-12(23)24)16-20-15(21-25-16)13-14(18)19-17(26-13)22(3)4/h10-11H,5-9H2,1-4H3/t11-/m0/s1. The molecule has 1 atom stereocenters. The Balaban J connectivity index is 1.90. The molecule has 0 spiro atoms. The third-order valence-corrected chi connectivity index (χ3v) is 5.92. The molecule has 1 aliphatic heterocycles. The molecule has 1 saturated heterocycles. The first-order valence-corrected chi connectivity index (χ1v) is 10.0. The summed E-state index contributed by atoms with van der Waals surface area (Å²) >= 11 is 7.67. The van der Waals surface area contributed by atoms with Gasteiger partial charge in [0.2, 0.25) is 17.6 Å². The van der Waals surface area contributed by atoms with Crippen molar-refractivity contribution >= 4 is 34.0 Å². The highest BCUT2D eigenvalue weighted by atomic mass is 35.5. The molecule has 0 N–H and O–H groups in total. The Morgan fingerprint density at radius 3 is 2.69 bits per heavy atom. The van der Waals surface area contributed by atoms with Crippen molar-refractivity contribution in [3.8, 4) is 10.7 Å². The van der Waals surface area contributed by atoms with E-state index in [1.165, 1.54) is 11.3 Å². The number of hydrogen-bond donors (Lipinski definition) is 0. The summed E-state index contributed by atoms with van der Waals surface area (Å²) in [7, 11) is 3.81. The van der Waals surface area contributed by atoms with Gasteiger partial charge >= 0.3 is 0 Å². The highest BCUT2D eigenvalue weighted by Gasteiger charge is 2.32. The fraction of sp³-hybridized carbons (Fsp3) is 0.647. The first-order valence-electron chi connectivity index (χ1n) is 8.84. The summed E-state index contributed by atoms with van der Waals surface area (Å²) in [5.74, 6) is 1.46. The van der Waals surface area contributed by atoms with E-state index in [1.807, 2.05) is 23.9 Å². The molecule has 26 heavy (non-hydrogen) atoms. The molecule has 7 nitrogen and oxygen atoms in total. The number of aromatic nitrogens is 3. The highest BCUT2D eigenvalue weighted by molar-refractivity contribution is 7.19. The molecule has 9 heteroatoms. The average molecular weight is 398 g/mol. The van der Waals surface area contributed by atoms with Gasteiger partial charge in [0.1, 0.15) is 10.9 Å². The molecule has 1 fully saturated rings. The van der Waals surface area contributed by atoms with Gasteiger partial charge in [0.15, 0.2) is 10.3 Å². The van der Waals surface area contributed by atoms with Crippen LogP contribution < -0.4 is 4.90 Å². The molecular formula is C17H24ClN5O2S. The molecule has 0 saturated carbocycles. The van der Waals surface area contributed by atoms with E-state index in [4.69, 9.17) is 16.1 Å². The van der Waals surface area contributed by atoms with Crippen LogP contribution in [0, 0.1) is 5.92 Å². The van der Waals surface area contributed by atoms with Crippen molar-refractivity contribution < 1.29 is 9.32 Å². The van der Waals surface area contributed by atoms with Crippen molar-refractivity contribution in [2.75, 3.05) is 25.5 Å². The Kier molecular flexibility index (Phi) is 5.82. The summed E-state index contributed by atoms with van der Waals surface area (Å²) in [6.07, 6.45) is 3.33. The van der Waals surface area contributed by atoms with E-state index in [2.05, 4.69) is 29.0 Å². The van der Waals surface area contributed by atoms with Gasteiger partial charge in [-0.3, -0.25) is 4.79 Å². The van der Waals surface area contributed by atoms with Gasteiger partial charge in [0.05, 0.1) is 0 Å². The van der Waals surface area contributed by atoms with Crippen molar-refractivity contribution in [3.05, 3.63) is 11.0 Å². The SMILES string of the molecule is CC(C)C[C@@H](c1nc(-c2sc(N(C)C)nc2Cl)no1)N1CCCCC1=O. The van der Waals surface area contributed by atoms with Crippen molar-refractivity contribution in [1.29, 1.82) is 0 Å². The summed E-state index contributed by atoms with van der Waals surface area (Å²) in [4.78, 5) is 25.7. The van der Waals surface area contributed by atoms with E-state index < -0.39 is 0 Å². The summed E-state index contributed by atoms with van der Waals surface area (Å²) in [6.45, 7) is 4.99. The Hall–Kier alpha value is -1.67. The maximum atomic E-state index is 12.4. The molecule has 2 aromatic rings. The number of carbonyl (C=O) groups is 1. The molecule has 1 aliphatic rings. The van der Waals surface area contributed by atoms with E-state index in [0.29, 0.717) is 34.1 Å². The number of halogens is 1. The van der Waals surface area contributed by atoms with Gasteiger partial charge in [-0.15, -0.1) is 0 Å². The summed E-state index contributed by atoms with van der Waals surface area (Å²) in [5.41, 5.74) is 0. The highest BCUT2D eigenvalue weighted by Crippen LogP contribution is 2.37. The lowest BCUT2D eigenvalue weighted by Gasteiger charge is -2.33. The Morgan fingerprint density at radius 1 is 1.31 bits per heavy atom. The molecule has 0 aliphatic carbocycles. The molecule has 2 aromatic heterocycles. The van der Waals surface area contributed by atoms with Crippen LogP contribution in [0.5, 0.6) is 0 Å². The average Bonchev–Trinajstić information content (AvgIpc) is 3.19. The summed E-state index contributed by atoms with van der Waals surface area (Å²) in [5, 5.41) is 5.25. The van der Waals surface area contributed by atoms with Gasteiger partial charge in [0, 0.05) is 27.1 Å². The van der Waals surface area contributed by atoms with E-state index in [0.717, 1.165) is 30.9 Å². The number of hydrogen-bond acceptors (Lipinski definition) is 7. The lowest BCUT2D eigenvalue weighted by Crippen LogP contribution is -2.39. The Bertz CT molecular complexity index is 773. The third-order valence-electron chi connectivity index (χ3n) is 4.32. The van der Waals surface area contributed by atoms with Crippen LogP contribution >= 0.6 is 22.9 Å². The van der Waals surface area contributed by atoms with Crippen LogP contribution in [-0.2, 0) is 4.79 Å².